The van der Waals surface area contributed by atoms with Gasteiger partial charge in [-0.1, -0.05) is 36.4 Å². The summed E-state index contributed by atoms with van der Waals surface area (Å²) in [5.41, 5.74) is -0.546. The Balaban J connectivity index is -0.000000307. The molecule has 0 aromatic heterocycles. The summed E-state index contributed by atoms with van der Waals surface area (Å²) in [5, 5.41) is 34.3. The molecule has 0 saturated heterocycles. The van der Waals surface area contributed by atoms with E-state index in [1.54, 1.807) is 109 Å². The second-order valence-electron chi connectivity index (χ2n) is 9.50. The first-order chi connectivity index (χ1) is 13.3. The van der Waals surface area contributed by atoms with Gasteiger partial charge in [0.05, 0.1) is 11.2 Å². The number of rotatable bonds is 0. The quantitative estimate of drug-likeness (QED) is 0.317. The minimum absolute atomic E-state index is 0.322. The van der Waals surface area contributed by atoms with E-state index in [9.17, 15) is 0 Å². The van der Waals surface area contributed by atoms with Gasteiger partial charge in [0.25, 0.3) is 0 Å². The topological polar surface area (TPSA) is 80.9 Å². The molecule has 0 unspecified atom stereocenters. The van der Waals surface area contributed by atoms with Crippen LogP contribution in [0.1, 0.15) is 62.3 Å². The van der Waals surface area contributed by atoms with E-state index in [4.69, 9.17) is 20.4 Å². The van der Waals surface area contributed by atoms with Gasteiger partial charge in [0.1, 0.15) is 11.5 Å². The van der Waals surface area contributed by atoms with Gasteiger partial charge < -0.3 is 20.4 Å². The molecule has 0 bridgehead atoms. The second kappa shape index (κ2) is 17.2. The fraction of sp³-hybridized carbons (Fsp3) is 0.480. The second-order valence-corrected chi connectivity index (χ2v) is 10.3. The van der Waals surface area contributed by atoms with Crippen molar-refractivity contribution in [3.63, 3.8) is 0 Å². The van der Waals surface area contributed by atoms with Crippen molar-refractivity contribution in [3.05, 3.63) is 60.7 Å². The van der Waals surface area contributed by atoms with Gasteiger partial charge in [-0.05, 0) is 65.8 Å². The predicted molar refractivity (Wildman–Crippen MR) is 126 cm³/mol. The van der Waals surface area contributed by atoms with Crippen LogP contribution < -0.4 is 0 Å². The van der Waals surface area contributed by atoms with E-state index < -0.39 is 11.2 Å². The molecule has 2 aromatic rings. The molecule has 0 aliphatic carbocycles. The average molecular weight is 590 g/mol. The molecule has 4 nitrogen and oxygen atoms in total. The monoisotopic (exact) mass is 590 g/mol. The maximum Gasteiger partial charge on any atom is 0.115 e. The molecular weight excluding hydrogens is 548 g/mol. The van der Waals surface area contributed by atoms with Crippen LogP contribution in [0.15, 0.2) is 60.7 Å². The third-order valence-corrected chi connectivity index (χ3v) is 4.41. The summed E-state index contributed by atoms with van der Waals surface area (Å²) in [6.07, 6.45) is 0. The first-order valence-corrected chi connectivity index (χ1v) is 11.4. The van der Waals surface area contributed by atoms with E-state index in [0.717, 1.165) is 0 Å². The Morgan fingerprint density at radius 2 is 0.733 bits per heavy atom. The molecule has 0 fully saturated rings. The Kier molecular flexibility index (Phi) is 19.0. The minimum Gasteiger partial charge on any atom is -0.508 e. The molecule has 2 aromatic carbocycles. The normalized spacial score (nSPS) is 10.2. The van der Waals surface area contributed by atoms with E-state index in [1.807, 2.05) is 12.1 Å². The number of phenolic OH excluding ortho intramolecular Hbond substituents is 2. The van der Waals surface area contributed by atoms with Crippen LogP contribution in [-0.4, -0.2) is 36.0 Å². The molecule has 0 heterocycles. The maximum atomic E-state index is 8.63. The number of aromatic hydroxyl groups is 2. The average Bonchev–Trinajstić information content (AvgIpc) is 2.54. The summed E-state index contributed by atoms with van der Waals surface area (Å²) in [6, 6.07) is 17.4. The van der Waals surface area contributed by atoms with Crippen LogP contribution in [0.5, 0.6) is 11.5 Å². The largest absolute Gasteiger partial charge is 0.508 e. The Morgan fingerprint density at radius 3 is 0.800 bits per heavy atom. The standard InChI is InChI=1S/2C6H6O.C5H10.2C4H10O.W/c2*7-6-4-2-1-3-5-6;1-5(2,3)4;2*1-4(2,3)5;/h2*1-5,7H;1H,2-4H3;2*5H,1-3H3;. The summed E-state index contributed by atoms with van der Waals surface area (Å²) in [7, 11) is 0. The van der Waals surface area contributed by atoms with Gasteiger partial charge in [0.15, 0.2) is 0 Å². The Bertz CT molecular complexity index is 561. The van der Waals surface area contributed by atoms with Crippen molar-refractivity contribution in [3.8, 4) is 11.5 Å². The van der Waals surface area contributed by atoms with Crippen LogP contribution in [0.3, 0.4) is 0 Å². The van der Waals surface area contributed by atoms with Crippen LogP contribution in [0.25, 0.3) is 0 Å². The van der Waals surface area contributed by atoms with E-state index in [1.165, 1.54) is 0 Å². The molecule has 30 heavy (non-hydrogen) atoms. The molecule has 0 aliphatic rings. The fourth-order valence-electron chi connectivity index (χ4n) is 0.856. The smallest absolute Gasteiger partial charge is 0.115 e. The molecule has 0 saturated carbocycles. The van der Waals surface area contributed by atoms with Gasteiger partial charge in [-0.2, -0.15) is 0 Å². The fourth-order valence-corrected chi connectivity index (χ4v) is 0.856. The van der Waals surface area contributed by atoms with Crippen molar-refractivity contribution in [2.24, 2.45) is 5.41 Å². The molecule has 0 spiro atoms. The van der Waals surface area contributed by atoms with Crippen LogP contribution in [-0.2, 0) is 19.4 Å². The predicted octanol–water partition coefficient (Wildman–Crippen LogP) is 5.72. The zero-order valence-corrected chi connectivity index (χ0v) is 23.0. The Labute approximate surface area is 195 Å². The summed E-state index contributed by atoms with van der Waals surface area (Å²) in [4.78, 5) is 0. The zero-order valence-electron chi connectivity index (χ0n) is 20.0. The molecule has 0 atom stereocenters. The Hall–Kier alpha value is -1.48. The number of benzene rings is 2. The third kappa shape index (κ3) is 56.3. The van der Waals surface area contributed by atoms with Crippen LogP contribution in [0.2, 0.25) is 0 Å². The molecule has 4 N–H and O–H groups in total. The van der Waals surface area contributed by atoms with Crippen molar-refractivity contribution in [1.29, 1.82) is 0 Å². The number of para-hydroxylation sites is 2. The van der Waals surface area contributed by atoms with E-state index in [2.05, 4.69) is 25.2 Å². The maximum absolute atomic E-state index is 8.63. The van der Waals surface area contributed by atoms with Crippen molar-refractivity contribution in [2.75, 3.05) is 0 Å². The number of hydrogen-bond acceptors (Lipinski definition) is 4. The number of phenols is 2. The van der Waals surface area contributed by atoms with Gasteiger partial charge in [0, 0.05) is 0 Å². The van der Waals surface area contributed by atoms with Gasteiger partial charge in [-0.25, -0.2) is 0 Å². The molecule has 0 radical (unpaired) electrons. The summed E-state index contributed by atoms with van der Waals surface area (Å²) >= 11 is 1.57. The van der Waals surface area contributed by atoms with E-state index in [-0.39, 0.29) is 0 Å². The van der Waals surface area contributed by atoms with E-state index in [0.29, 0.717) is 16.9 Å². The SMILES string of the molecule is CC(C)(C)O.CC(C)(C)O.CC(C)(C)[CH]=[W].Oc1ccccc1.Oc1ccccc1. The molecule has 5 heteroatoms. The van der Waals surface area contributed by atoms with Crippen molar-refractivity contribution < 1.29 is 39.8 Å². The van der Waals surface area contributed by atoms with Gasteiger partial charge >= 0.3 is 49.9 Å². The van der Waals surface area contributed by atoms with Gasteiger partial charge in [0.2, 0.25) is 0 Å². The molecule has 2 rings (SSSR count). The van der Waals surface area contributed by atoms with Gasteiger partial charge in [-0.15, -0.1) is 0 Å². The minimum atomic E-state index is -0.500. The molecule has 0 amide bonds. The molecule has 172 valence electrons. The third-order valence-electron chi connectivity index (χ3n) is 1.87. The first kappa shape index (κ1) is 33.2. The summed E-state index contributed by atoms with van der Waals surface area (Å²) < 4.78 is 2.27. The van der Waals surface area contributed by atoms with Crippen LogP contribution >= 0.6 is 0 Å². The number of hydrogen-bond donors (Lipinski definition) is 4. The first-order valence-electron chi connectivity index (χ1n) is 9.74. The van der Waals surface area contributed by atoms with Crippen molar-refractivity contribution in [2.45, 2.75) is 73.5 Å². The summed E-state index contributed by atoms with van der Waals surface area (Å²) in [5.74, 6) is 0.644. The summed E-state index contributed by atoms with van der Waals surface area (Å²) in [6.45, 7) is 17.1. The van der Waals surface area contributed by atoms with Crippen molar-refractivity contribution >= 4 is 4.40 Å². The molecule has 0 aliphatic heterocycles. The zero-order chi connectivity index (χ0) is 24.4. The van der Waals surface area contributed by atoms with E-state index >= 15 is 0 Å². The van der Waals surface area contributed by atoms with Crippen LogP contribution in [0.4, 0.5) is 0 Å². The van der Waals surface area contributed by atoms with Gasteiger partial charge in [-0.3, -0.25) is 0 Å². The van der Waals surface area contributed by atoms with Crippen LogP contribution in [0, 0.1) is 5.41 Å². The number of aliphatic hydroxyl groups is 2. The molecular formula is C25H42O4W. The van der Waals surface area contributed by atoms with Crippen molar-refractivity contribution in [1.82, 2.24) is 0 Å². The Morgan fingerprint density at radius 1 is 0.567 bits per heavy atom.